The summed E-state index contributed by atoms with van der Waals surface area (Å²) >= 11 is 5.74. The van der Waals surface area contributed by atoms with Crippen LogP contribution in [0.4, 0.5) is 4.39 Å². The van der Waals surface area contributed by atoms with E-state index in [9.17, 15) is 17.6 Å². The highest BCUT2D eigenvalue weighted by atomic mass is 35.5. The van der Waals surface area contributed by atoms with Crippen LogP contribution in [0.25, 0.3) is 0 Å². The van der Waals surface area contributed by atoms with Crippen LogP contribution in [0.1, 0.15) is 45.4 Å². The summed E-state index contributed by atoms with van der Waals surface area (Å²) in [6, 6.07) is 3.37. The van der Waals surface area contributed by atoms with Crippen molar-refractivity contribution in [3.05, 3.63) is 29.0 Å². The quantitative estimate of drug-likeness (QED) is 0.707. The van der Waals surface area contributed by atoms with Crippen molar-refractivity contribution in [2.45, 2.75) is 62.4 Å². The summed E-state index contributed by atoms with van der Waals surface area (Å²) in [6.07, 6.45) is 6.84. The number of piperazine rings is 1. The van der Waals surface area contributed by atoms with Gasteiger partial charge in [-0.3, -0.25) is 9.69 Å². The normalized spacial score (nSPS) is 21.5. The molecule has 29 heavy (non-hydrogen) atoms. The number of amides is 1. The minimum Gasteiger partial charge on any atom is -0.352 e. The lowest BCUT2D eigenvalue weighted by atomic mass is 10.1. The van der Waals surface area contributed by atoms with E-state index < -0.39 is 15.8 Å². The van der Waals surface area contributed by atoms with Gasteiger partial charge in [-0.15, -0.1) is 0 Å². The summed E-state index contributed by atoms with van der Waals surface area (Å²) in [5.41, 5.74) is 0. The Bertz CT molecular complexity index is 820. The molecule has 6 nitrogen and oxygen atoms in total. The second-order valence-corrected chi connectivity index (χ2v) is 10.2. The molecule has 2 aliphatic rings. The molecule has 162 valence electrons. The summed E-state index contributed by atoms with van der Waals surface area (Å²) in [5.74, 6) is -0.637. The molecular weight excluding hydrogens is 417 g/mol. The monoisotopic (exact) mass is 445 g/mol. The van der Waals surface area contributed by atoms with Gasteiger partial charge in [0.2, 0.25) is 15.9 Å². The van der Waals surface area contributed by atoms with Gasteiger partial charge in [0.25, 0.3) is 0 Å². The molecule has 1 saturated carbocycles. The van der Waals surface area contributed by atoms with Gasteiger partial charge >= 0.3 is 0 Å². The number of halogens is 2. The van der Waals surface area contributed by atoms with Gasteiger partial charge in [0.05, 0.1) is 16.0 Å². The topological polar surface area (TPSA) is 69.7 Å². The third-order valence-corrected chi connectivity index (χ3v) is 8.12. The van der Waals surface area contributed by atoms with E-state index in [1.807, 2.05) is 11.8 Å². The first-order chi connectivity index (χ1) is 13.8. The van der Waals surface area contributed by atoms with E-state index in [4.69, 9.17) is 11.6 Å². The van der Waals surface area contributed by atoms with Gasteiger partial charge in [0.15, 0.2) is 0 Å². The van der Waals surface area contributed by atoms with Crippen molar-refractivity contribution in [2.24, 2.45) is 0 Å². The summed E-state index contributed by atoms with van der Waals surface area (Å²) in [6.45, 7) is 3.35. The number of hydrogen-bond donors (Lipinski definition) is 1. The van der Waals surface area contributed by atoms with Crippen molar-refractivity contribution in [3.63, 3.8) is 0 Å². The molecule has 0 radical (unpaired) electrons. The molecule has 1 N–H and O–H groups in total. The predicted molar refractivity (Wildman–Crippen MR) is 111 cm³/mol. The third-order valence-electron chi connectivity index (χ3n) is 5.93. The van der Waals surface area contributed by atoms with Gasteiger partial charge in [-0.25, -0.2) is 12.8 Å². The molecule has 1 aliphatic heterocycles. The number of benzene rings is 1. The molecule has 0 aromatic heterocycles. The number of sulfonamides is 1. The van der Waals surface area contributed by atoms with Gasteiger partial charge < -0.3 is 5.32 Å². The fourth-order valence-electron chi connectivity index (χ4n) is 4.03. The maximum absolute atomic E-state index is 13.4. The zero-order valence-corrected chi connectivity index (χ0v) is 18.3. The Balaban J connectivity index is 1.56. The maximum Gasteiger partial charge on any atom is 0.243 e. The van der Waals surface area contributed by atoms with E-state index in [-0.39, 0.29) is 41.0 Å². The van der Waals surface area contributed by atoms with E-state index in [1.165, 1.54) is 23.2 Å². The van der Waals surface area contributed by atoms with Crippen LogP contribution in [0.3, 0.4) is 0 Å². The lowest BCUT2D eigenvalue weighted by molar-refractivity contribution is -0.127. The molecule has 0 bridgehead atoms. The fourth-order valence-corrected chi connectivity index (χ4v) is 5.72. The van der Waals surface area contributed by atoms with Crippen LogP contribution >= 0.6 is 11.6 Å². The predicted octanol–water partition coefficient (Wildman–Crippen LogP) is 3.01. The van der Waals surface area contributed by atoms with Crippen LogP contribution in [0, 0.1) is 5.82 Å². The molecule has 3 rings (SSSR count). The number of carbonyl (C=O) groups is 1. The zero-order valence-electron chi connectivity index (χ0n) is 16.7. The molecule has 1 aromatic carbocycles. The molecule has 1 amide bonds. The summed E-state index contributed by atoms with van der Waals surface area (Å²) in [5, 5.41) is 2.96. The van der Waals surface area contributed by atoms with E-state index in [0.29, 0.717) is 13.1 Å². The molecular formula is C20H29ClFN3O3S. The molecule has 1 heterocycles. The van der Waals surface area contributed by atoms with Crippen LogP contribution in [0.15, 0.2) is 23.1 Å². The maximum atomic E-state index is 13.4. The van der Waals surface area contributed by atoms with Crippen molar-refractivity contribution in [3.8, 4) is 0 Å². The van der Waals surface area contributed by atoms with Crippen molar-refractivity contribution < 1.29 is 17.6 Å². The van der Waals surface area contributed by atoms with Crippen LogP contribution in [-0.4, -0.2) is 61.8 Å². The van der Waals surface area contributed by atoms with Crippen molar-refractivity contribution in [1.82, 2.24) is 14.5 Å². The Morgan fingerprint density at radius 2 is 1.76 bits per heavy atom. The van der Waals surface area contributed by atoms with Crippen molar-refractivity contribution in [2.75, 3.05) is 26.2 Å². The number of nitrogens with one attached hydrogen (secondary N) is 1. The van der Waals surface area contributed by atoms with Gasteiger partial charge in [0, 0.05) is 32.2 Å². The largest absolute Gasteiger partial charge is 0.352 e. The van der Waals surface area contributed by atoms with Gasteiger partial charge in [-0.2, -0.15) is 4.31 Å². The van der Waals surface area contributed by atoms with Gasteiger partial charge in [-0.1, -0.05) is 37.3 Å². The Hall–Kier alpha value is -1.22. The molecule has 1 unspecified atom stereocenters. The summed E-state index contributed by atoms with van der Waals surface area (Å²) in [4.78, 5) is 14.6. The number of hydrogen-bond acceptors (Lipinski definition) is 4. The summed E-state index contributed by atoms with van der Waals surface area (Å²) < 4.78 is 40.3. The average molecular weight is 446 g/mol. The smallest absolute Gasteiger partial charge is 0.243 e. The minimum absolute atomic E-state index is 0.0125. The first kappa shape index (κ1) is 22.5. The second-order valence-electron chi connectivity index (χ2n) is 7.89. The highest BCUT2D eigenvalue weighted by Gasteiger charge is 2.32. The highest BCUT2D eigenvalue weighted by molar-refractivity contribution is 7.89. The standard InChI is InChI=1S/C20H29ClFN3O3S/c1-15(20(26)23-16-6-4-2-3-5-7-16)24-10-12-25(13-11-24)29(27,28)17-8-9-19(22)18(21)14-17/h8-9,14-16H,2-7,10-13H2,1H3,(H,23,26). The van der Waals surface area contributed by atoms with E-state index in [0.717, 1.165) is 37.8 Å². The Morgan fingerprint density at radius 1 is 1.14 bits per heavy atom. The van der Waals surface area contributed by atoms with Crippen LogP contribution in [0.5, 0.6) is 0 Å². The van der Waals surface area contributed by atoms with Crippen LogP contribution in [-0.2, 0) is 14.8 Å². The number of carbonyl (C=O) groups excluding carboxylic acids is 1. The average Bonchev–Trinajstić information content (AvgIpc) is 2.98. The lowest BCUT2D eigenvalue weighted by Crippen LogP contribution is -2.55. The fraction of sp³-hybridized carbons (Fsp3) is 0.650. The van der Waals surface area contributed by atoms with E-state index in [1.54, 1.807) is 0 Å². The molecule has 1 aliphatic carbocycles. The molecule has 0 spiro atoms. The Labute approximate surface area is 177 Å². The Morgan fingerprint density at radius 3 is 2.34 bits per heavy atom. The van der Waals surface area contributed by atoms with Crippen LogP contribution < -0.4 is 5.32 Å². The van der Waals surface area contributed by atoms with Crippen molar-refractivity contribution in [1.29, 1.82) is 0 Å². The molecule has 2 fully saturated rings. The molecule has 1 aromatic rings. The van der Waals surface area contributed by atoms with Crippen molar-refractivity contribution >= 4 is 27.5 Å². The number of nitrogens with zero attached hydrogens (tertiary/aromatic N) is 2. The first-order valence-electron chi connectivity index (χ1n) is 10.3. The van der Waals surface area contributed by atoms with Gasteiger partial charge in [-0.05, 0) is 38.0 Å². The van der Waals surface area contributed by atoms with Crippen LogP contribution in [0.2, 0.25) is 5.02 Å². The van der Waals surface area contributed by atoms with E-state index in [2.05, 4.69) is 5.32 Å². The van der Waals surface area contributed by atoms with Gasteiger partial charge in [0.1, 0.15) is 5.82 Å². The zero-order chi connectivity index (χ0) is 21.0. The van der Waals surface area contributed by atoms with E-state index >= 15 is 0 Å². The minimum atomic E-state index is -3.74. The summed E-state index contributed by atoms with van der Waals surface area (Å²) in [7, 11) is -3.74. The Kier molecular flexibility index (Phi) is 7.53. The third kappa shape index (κ3) is 5.48. The second kappa shape index (κ2) is 9.73. The first-order valence-corrected chi connectivity index (χ1v) is 12.1. The molecule has 1 atom stereocenters. The highest BCUT2D eigenvalue weighted by Crippen LogP contribution is 2.24. The SMILES string of the molecule is CC(C(=O)NC1CCCCCC1)N1CCN(S(=O)(=O)c2ccc(F)c(Cl)c2)CC1. The molecule has 9 heteroatoms. The molecule has 1 saturated heterocycles. The number of rotatable bonds is 5. The lowest BCUT2D eigenvalue weighted by Gasteiger charge is -2.37.